The highest BCUT2D eigenvalue weighted by molar-refractivity contribution is 5.29. The Morgan fingerprint density at radius 1 is 1.46 bits per heavy atom. The molecule has 2 heteroatoms. The Kier molecular flexibility index (Phi) is 3.29. The zero-order valence-electron chi connectivity index (χ0n) is 8.79. The largest absolute Gasteiger partial charge is 0.481 e. The normalized spacial score (nSPS) is 10.5. The first-order valence-corrected chi connectivity index (χ1v) is 4.63. The van der Waals surface area contributed by atoms with E-state index in [0.717, 1.165) is 12.3 Å². The molecule has 0 atom stereocenters. The molecule has 0 radical (unpaired) electrons. The van der Waals surface area contributed by atoms with E-state index in [1.807, 2.05) is 6.20 Å². The maximum atomic E-state index is 5.19. The second-order valence-corrected chi connectivity index (χ2v) is 3.78. The van der Waals surface area contributed by atoms with Gasteiger partial charge in [-0.25, -0.2) is 4.98 Å². The molecule has 1 heterocycles. The lowest BCUT2D eigenvalue weighted by Crippen LogP contribution is -2.00. The predicted octanol–water partition coefficient (Wildman–Crippen LogP) is 2.60. The van der Waals surface area contributed by atoms with Crippen molar-refractivity contribution in [1.82, 2.24) is 4.98 Å². The summed E-state index contributed by atoms with van der Waals surface area (Å²) in [6.07, 6.45) is 2.86. The van der Waals surface area contributed by atoms with Crippen LogP contribution >= 0.6 is 0 Å². The zero-order valence-corrected chi connectivity index (χ0v) is 8.79. The molecule has 0 aromatic carbocycles. The molecule has 0 bridgehead atoms. The van der Waals surface area contributed by atoms with Crippen LogP contribution < -0.4 is 4.74 Å². The van der Waals surface area contributed by atoms with Crippen LogP contribution in [0.5, 0.6) is 5.88 Å². The van der Waals surface area contributed by atoms with E-state index in [1.54, 1.807) is 7.11 Å². The van der Waals surface area contributed by atoms with Crippen LogP contribution in [0, 0.1) is 12.8 Å². The van der Waals surface area contributed by atoms with Crippen LogP contribution in [0.2, 0.25) is 0 Å². The molecule has 13 heavy (non-hydrogen) atoms. The fraction of sp³-hybridized carbons (Fsp3) is 0.545. The van der Waals surface area contributed by atoms with Gasteiger partial charge < -0.3 is 4.74 Å². The summed E-state index contributed by atoms with van der Waals surface area (Å²) < 4.78 is 5.19. The van der Waals surface area contributed by atoms with Gasteiger partial charge in [0, 0.05) is 11.8 Å². The molecule has 1 aromatic rings. The second kappa shape index (κ2) is 4.26. The molecule has 0 N–H and O–H groups in total. The minimum Gasteiger partial charge on any atom is -0.481 e. The van der Waals surface area contributed by atoms with Crippen molar-refractivity contribution in [2.75, 3.05) is 7.11 Å². The van der Waals surface area contributed by atoms with E-state index in [9.17, 15) is 0 Å². The van der Waals surface area contributed by atoms with Crippen molar-refractivity contribution in [3.63, 3.8) is 0 Å². The Hall–Kier alpha value is -1.05. The van der Waals surface area contributed by atoms with E-state index in [0.29, 0.717) is 5.92 Å². The van der Waals surface area contributed by atoms with Crippen molar-refractivity contribution in [2.45, 2.75) is 27.2 Å². The van der Waals surface area contributed by atoms with Gasteiger partial charge in [0.05, 0.1) is 7.11 Å². The standard InChI is InChI=1S/C11H17NO/c1-8(2)5-10-6-9(3)7-12-11(10)13-4/h6-8H,5H2,1-4H3. The highest BCUT2D eigenvalue weighted by Crippen LogP contribution is 2.19. The van der Waals surface area contributed by atoms with E-state index in [1.165, 1.54) is 11.1 Å². The van der Waals surface area contributed by atoms with Crippen LogP contribution in [0.4, 0.5) is 0 Å². The smallest absolute Gasteiger partial charge is 0.216 e. The molecule has 1 rings (SSSR count). The third kappa shape index (κ3) is 2.72. The van der Waals surface area contributed by atoms with Gasteiger partial charge in [-0.3, -0.25) is 0 Å². The first kappa shape index (κ1) is 10.0. The number of aromatic nitrogens is 1. The van der Waals surface area contributed by atoms with Crippen molar-refractivity contribution in [3.8, 4) is 5.88 Å². The van der Waals surface area contributed by atoms with Gasteiger partial charge in [-0.05, 0) is 30.9 Å². The molecule has 0 aliphatic rings. The molecule has 1 aromatic heterocycles. The lowest BCUT2D eigenvalue weighted by atomic mass is 10.0. The van der Waals surface area contributed by atoms with Crippen molar-refractivity contribution in [2.24, 2.45) is 5.92 Å². The molecule has 0 aliphatic carbocycles. The number of ether oxygens (including phenoxy) is 1. The summed E-state index contributed by atoms with van der Waals surface area (Å²) >= 11 is 0. The molecule has 0 aliphatic heterocycles. The Bertz CT molecular complexity index is 281. The van der Waals surface area contributed by atoms with Crippen molar-refractivity contribution < 1.29 is 4.74 Å². The summed E-state index contributed by atoms with van der Waals surface area (Å²) in [7, 11) is 1.67. The molecule has 0 spiro atoms. The van der Waals surface area contributed by atoms with E-state index in [-0.39, 0.29) is 0 Å². The number of hydrogen-bond donors (Lipinski definition) is 0. The Balaban J connectivity index is 2.94. The third-order valence-corrected chi connectivity index (χ3v) is 1.88. The summed E-state index contributed by atoms with van der Waals surface area (Å²) in [5, 5.41) is 0. The number of methoxy groups -OCH3 is 1. The highest BCUT2D eigenvalue weighted by atomic mass is 16.5. The predicted molar refractivity (Wildman–Crippen MR) is 54.1 cm³/mol. The lowest BCUT2D eigenvalue weighted by Gasteiger charge is -2.09. The average Bonchev–Trinajstić information content (AvgIpc) is 2.03. The monoisotopic (exact) mass is 179 g/mol. The van der Waals surface area contributed by atoms with Crippen LogP contribution in [0.15, 0.2) is 12.3 Å². The number of pyridine rings is 1. The molecular formula is C11H17NO. The number of nitrogens with zero attached hydrogens (tertiary/aromatic N) is 1. The van der Waals surface area contributed by atoms with Crippen LogP contribution in [-0.4, -0.2) is 12.1 Å². The lowest BCUT2D eigenvalue weighted by molar-refractivity contribution is 0.389. The van der Waals surface area contributed by atoms with E-state index in [4.69, 9.17) is 4.74 Å². The van der Waals surface area contributed by atoms with Gasteiger partial charge in [-0.1, -0.05) is 13.8 Å². The summed E-state index contributed by atoms with van der Waals surface area (Å²) in [6, 6.07) is 2.14. The minimum absolute atomic E-state index is 0.637. The summed E-state index contributed by atoms with van der Waals surface area (Å²) in [5.74, 6) is 1.40. The minimum atomic E-state index is 0.637. The van der Waals surface area contributed by atoms with Crippen LogP contribution in [0.1, 0.15) is 25.0 Å². The zero-order chi connectivity index (χ0) is 9.84. The fourth-order valence-corrected chi connectivity index (χ4v) is 1.39. The van der Waals surface area contributed by atoms with Gasteiger partial charge in [0.1, 0.15) is 0 Å². The second-order valence-electron chi connectivity index (χ2n) is 3.78. The van der Waals surface area contributed by atoms with Crippen molar-refractivity contribution in [3.05, 3.63) is 23.4 Å². The van der Waals surface area contributed by atoms with Crippen molar-refractivity contribution in [1.29, 1.82) is 0 Å². The van der Waals surface area contributed by atoms with Crippen LogP contribution in [0.25, 0.3) is 0 Å². The summed E-state index contributed by atoms with van der Waals surface area (Å²) in [6.45, 7) is 6.44. The van der Waals surface area contributed by atoms with E-state index < -0.39 is 0 Å². The van der Waals surface area contributed by atoms with Gasteiger partial charge in [-0.2, -0.15) is 0 Å². The number of hydrogen-bond acceptors (Lipinski definition) is 2. The molecule has 0 saturated carbocycles. The Morgan fingerprint density at radius 3 is 2.69 bits per heavy atom. The molecule has 0 amide bonds. The SMILES string of the molecule is COc1ncc(C)cc1CC(C)C. The number of rotatable bonds is 3. The molecular weight excluding hydrogens is 162 g/mol. The number of aryl methyl sites for hydroxylation is 1. The maximum absolute atomic E-state index is 5.19. The average molecular weight is 179 g/mol. The third-order valence-electron chi connectivity index (χ3n) is 1.88. The summed E-state index contributed by atoms with van der Waals surface area (Å²) in [5.41, 5.74) is 2.40. The quantitative estimate of drug-likeness (QED) is 0.711. The Morgan fingerprint density at radius 2 is 2.15 bits per heavy atom. The topological polar surface area (TPSA) is 22.1 Å². The first-order chi connectivity index (χ1) is 6.13. The molecule has 2 nitrogen and oxygen atoms in total. The van der Waals surface area contributed by atoms with Crippen molar-refractivity contribution >= 4 is 0 Å². The van der Waals surface area contributed by atoms with Gasteiger partial charge in [0.25, 0.3) is 0 Å². The Labute approximate surface area is 80.0 Å². The molecule has 0 unspecified atom stereocenters. The summed E-state index contributed by atoms with van der Waals surface area (Å²) in [4.78, 5) is 4.23. The van der Waals surface area contributed by atoms with Crippen LogP contribution in [0.3, 0.4) is 0 Å². The van der Waals surface area contributed by atoms with Gasteiger partial charge in [-0.15, -0.1) is 0 Å². The highest BCUT2D eigenvalue weighted by Gasteiger charge is 2.06. The molecule has 72 valence electrons. The van der Waals surface area contributed by atoms with Gasteiger partial charge in [0.15, 0.2) is 0 Å². The fourth-order valence-electron chi connectivity index (χ4n) is 1.39. The van der Waals surface area contributed by atoms with Crippen LogP contribution in [-0.2, 0) is 6.42 Å². The van der Waals surface area contributed by atoms with E-state index >= 15 is 0 Å². The molecule has 0 saturated heterocycles. The van der Waals surface area contributed by atoms with E-state index in [2.05, 4.69) is 31.8 Å². The first-order valence-electron chi connectivity index (χ1n) is 4.63. The molecule has 0 fully saturated rings. The maximum Gasteiger partial charge on any atom is 0.216 e. The van der Waals surface area contributed by atoms with Gasteiger partial charge >= 0.3 is 0 Å². The van der Waals surface area contributed by atoms with Gasteiger partial charge in [0.2, 0.25) is 5.88 Å².